The molecule has 0 bridgehead atoms. The Morgan fingerprint density at radius 1 is 1.05 bits per heavy atom. The van der Waals surface area contributed by atoms with Crippen LogP contribution in [0.15, 0.2) is 34.8 Å². The standard InChI is InChI=1S/C15H11BrF2O3/c1-20-9-5-8(6-10(7-9)21-2)15(19)13-12(17)4-3-11(16)14(13)18/h3-7H,1-2H3. The van der Waals surface area contributed by atoms with E-state index in [-0.39, 0.29) is 10.0 Å². The molecule has 2 aromatic rings. The highest BCUT2D eigenvalue weighted by Gasteiger charge is 2.22. The third kappa shape index (κ3) is 3.05. The van der Waals surface area contributed by atoms with Crippen molar-refractivity contribution in [1.29, 1.82) is 0 Å². The monoisotopic (exact) mass is 356 g/mol. The van der Waals surface area contributed by atoms with Gasteiger partial charge in [0.15, 0.2) is 11.6 Å². The van der Waals surface area contributed by atoms with Gasteiger partial charge in [-0.15, -0.1) is 0 Å². The molecular formula is C15H11BrF2O3. The predicted octanol–water partition coefficient (Wildman–Crippen LogP) is 3.98. The Balaban J connectivity index is 2.57. The first-order chi connectivity index (χ1) is 9.97. The van der Waals surface area contributed by atoms with Crippen LogP contribution in [0.25, 0.3) is 0 Å². The third-order valence-corrected chi connectivity index (χ3v) is 3.50. The molecule has 0 heterocycles. The van der Waals surface area contributed by atoms with Gasteiger partial charge in [0.1, 0.15) is 17.3 Å². The first-order valence-corrected chi connectivity index (χ1v) is 6.68. The zero-order valence-electron chi connectivity index (χ0n) is 11.2. The van der Waals surface area contributed by atoms with Gasteiger partial charge in [-0.2, -0.15) is 0 Å². The van der Waals surface area contributed by atoms with Crippen LogP contribution in [0.4, 0.5) is 8.78 Å². The van der Waals surface area contributed by atoms with E-state index in [2.05, 4.69) is 15.9 Å². The molecule has 0 fully saturated rings. The summed E-state index contributed by atoms with van der Waals surface area (Å²) < 4.78 is 37.9. The van der Waals surface area contributed by atoms with E-state index in [0.717, 1.165) is 6.07 Å². The lowest BCUT2D eigenvalue weighted by atomic mass is 10.0. The molecule has 0 aliphatic rings. The topological polar surface area (TPSA) is 35.5 Å². The molecule has 0 saturated carbocycles. The maximum Gasteiger partial charge on any atom is 0.199 e. The lowest BCUT2D eigenvalue weighted by Crippen LogP contribution is -2.08. The predicted molar refractivity (Wildman–Crippen MR) is 77.0 cm³/mol. The highest BCUT2D eigenvalue weighted by atomic mass is 79.9. The SMILES string of the molecule is COc1cc(OC)cc(C(=O)c2c(F)ccc(Br)c2F)c1. The van der Waals surface area contributed by atoms with E-state index in [9.17, 15) is 13.6 Å². The molecule has 21 heavy (non-hydrogen) atoms. The van der Waals surface area contributed by atoms with Crippen LogP contribution >= 0.6 is 15.9 Å². The molecule has 2 rings (SSSR count). The Morgan fingerprint density at radius 2 is 1.62 bits per heavy atom. The second-order valence-corrected chi connectivity index (χ2v) is 5.00. The minimum Gasteiger partial charge on any atom is -0.497 e. The van der Waals surface area contributed by atoms with Crippen molar-refractivity contribution in [3.05, 3.63) is 57.6 Å². The number of hydrogen-bond acceptors (Lipinski definition) is 3. The summed E-state index contributed by atoms with van der Waals surface area (Å²) in [7, 11) is 2.84. The molecule has 0 radical (unpaired) electrons. The van der Waals surface area contributed by atoms with Crippen LogP contribution in [0.3, 0.4) is 0 Å². The molecule has 0 saturated heterocycles. The van der Waals surface area contributed by atoms with Gasteiger partial charge in [-0.05, 0) is 40.2 Å². The maximum absolute atomic E-state index is 14.0. The van der Waals surface area contributed by atoms with E-state index in [1.54, 1.807) is 6.07 Å². The number of hydrogen-bond donors (Lipinski definition) is 0. The summed E-state index contributed by atoms with van der Waals surface area (Å²) in [5.74, 6) is -1.95. The van der Waals surface area contributed by atoms with Gasteiger partial charge < -0.3 is 9.47 Å². The quantitative estimate of drug-likeness (QED) is 0.614. The largest absolute Gasteiger partial charge is 0.497 e. The van der Waals surface area contributed by atoms with E-state index < -0.39 is 23.0 Å². The molecule has 110 valence electrons. The van der Waals surface area contributed by atoms with E-state index >= 15 is 0 Å². The minimum atomic E-state index is -0.943. The molecule has 0 N–H and O–H groups in total. The average molecular weight is 357 g/mol. The van der Waals surface area contributed by atoms with Crippen molar-refractivity contribution >= 4 is 21.7 Å². The normalized spacial score (nSPS) is 10.3. The Labute approximate surface area is 128 Å². The van der Waals surface area contributed by atoms with Gasteiger partial charge in [-0.25, -0.2) is 8.78 Å². The fraction of sp³-hybridized carbons (Fsp3) is 0.133. The molecule has 0 unspecified atom stereocenters. The molecule has 0 aliphatic heterocycles. The van der Waals surface area contributed by atoms with Gasteiger partial charge in [-0.3, -0.25) is 4.79 Å². The number of halogens is 3. The average Bonchev–Trinajstić information content (AvgIpc) is 2.50. The van der Waals surface area contributed by atoms with Crippen LogP contribution < -0.4 is 9.47 Å². The number of carbonyl (C=O) groups excluding carboxylic acids is 1. The van der Waals surface area contributed by atoms with Crippen molar-refractivity contribution in [1.82, 2.24) is 0 Å². The number of benzene rings is 2. The molecule has 0 atom stereocenters. The van der Waals surface area contributed by atoms with Crippen molar-refractivity contribution in [3.8, 4) is 11.5 Å². The third-order valence-electron chi connectivity index (χ3n) is 2.88. The zero-order valence-corrected chi connectivity index (χ0v) is 12.8. The number of carbonyl (C=O) groups is 1. The Morgan fingerprint density at radius 3 is 2.14 bits per heavy atom. The summed E-state index contributed by atoms with van der Waals surface area (Å²) in [5.41, 5.74) is -0.554. The second-order valence-electron chi connectivity index (χ2n) is 4.15. The Bertz CT molecular complexity index is 679. The van der Waals surface area contributed by atoms with Gasteiger partial charge in [0.2, 0.25) is 0 Å². The van der Waals surface area contributed by atoms with Crippen LogP contribution in [0.5, 0.6) is 11.5 Å². The number of rotatable bonds is 4. The van der Waals surface area contributed by atoms with Crippen molar-refractivity contribution in [2.24, 2.45) is 0 Å². The van der Waals surface area contributed by atoms with Crippen molar-refractivity contribution < 1.29 is 23.0 Å². The fourth-order valence-electron chi connectivity index (χ4n) is 1.82. The number of methoxy groups -OCH3 is 2. The number of ketones is 1. The van der Waals surface area contributed by atoms with Crippen molar-refractivity contribution in [2.75, 3.05) is 14.2 Å². The van der Waals surface area contributed by atoms with Crippen LogP contribution in [-0.4, -0.2) is 20.0 Å². The Hall–Kier alpha value is -1.95. The molecule has 0 amide bonds. The Kier molecular flexibility index (Phi) is 4.57. The molecular weight excluding hydrogens is 346 g/mol. The first kappa shape index (κ1) is 15.4. The first-order valence-electron chi connectivity index (χ1n) is 5.89. The molecule has 2 aromatic carbocycles. The molecule has 3 nitrogen and oxygen atoms in total. The minimum absolute atomic E-state index is 0.0158. The van der Waals surface area contributed by atoms with Crippen LogP contribution in [0.1, 0.15) is 15.9 Å². The van der Waals surface area contributed by atoms with Crippen LogP contribution in [-0.2, 0) is 0 Å². The maximum atomic E-state index is 14.0. The van der Waals surface area contributed by atoms with E-state index in [1.165, 1.54) is 32.4 Å². The summed E-state index contributed by atoms with van der Waals surface area (Å²) >= 11 is 2.93. The van der Waals surface area contributed by atoms with Gasteiger partial charge in [-0.1, -0.05) is 0 Å². The molecule has 6 heteroatoms. The second kappa shape index (κ2) is 6.22. The summed E-state index contributed by atoms with van der Waals surface area (Å²) in [6, 6.07) is 6.57. The van der Waals surface area contributed by atoms with Crippen LogP contribution in [0, 0.1) is 11.6 Å². The number of ether oxygens (including phenoxy) is 2. The summed E-state index contributed by atoms with van der Waals surface area (Å²) in [4.78, 5) is 12.4. The van der Waals surface area contributed by atoms with E-state index in [1.807, 2.05) is 0 Å². The molecule has 0 aliphatic carbocycles. The lowest BCUT2D eigenvalue weighted by molar-refractivity contribution is 0.103. The zero-order chi connectivity index (χ0) is 15.6. The summed E-state index contributed by atoms with van der Waals surface area (Å²) in [5, 5.41) is 0. The van der Waals surface area contributed by atoms with Crippen LogP contribution in [0.2, 0.25) is 0 Å². The molecule has 0 aromatic heterocycles. The van der Waals surface area contributed by atoms with Gasteiger partial charge in [0.05, 0.1) is 24.3 Å². The van der Waals surface area contributed by atoms with E-state index in [0.29, 0.717) is 11.5 Å². The lowest BCUT2D eigenvalue weighted by Gasteiger charge is -2.09. The highest BCUT2D eigenvalue weighted by Crippen LogP contribution is 2.28. The summed E-state index contributed by atoms with van der Waals surface area (Å²) in [6.45, 7) is 0. The molecule has 0 spiro atoms. The summed E-state index contributed by atoms with van der Waals surface area (Å²) in [6.07, 6.45) is 0. The van der Waals surface area contributed by atoms with Gasteiger partial charge >= 0.3 is 0 Å². The van der Waals surface area contributed by atoms with Gasteiger partial charge in [0, 0.05) is 11.6 Å². The van der Waals surface area contributed by atoms with Crippen molar-refractivity contribution in [3.63, 3.8) is 0 Å². The fourth-order valence-corrected chi connectivity index (χ4v) is 2.15. The smallest absolute Gasteiger partial charge is 0.199 e. The van der Waals surface area contributed by atoms with Crippen molar-refractivity contribution in [2.45, 2.75) is 0 Å². The van der Waals surface area contributed by atoms with E-state index in [4.69, 9.17) is 9.47 Å². The van der Waals surface area contributed by atoms with Gasteiger partial charge in [0.25, 0.3) is 0 Å². The highest BCUT2D eigenvalue weighted by molar-refractivity contribution is 9.10.